The summed E-state index contributed by atoms with van der Waals surface area (Å²) in [6.45, 7) is 0. The van der Waals surface area contributed by atoms with Crippen molar-refractivity contribution >= 4 is 29.3 Å². The van der Waals surface area contributed by atoms with E-state index in [0.717, 1.165) is 31.3 Å². The fourth-order valence-electron chi connectivity index (χ4n) is 3.24. The summed E-state index contributed by atoms with van der Waals surface area (Å²) in [4.78, 5) is 12.1. The summed E-state index contributed by atoms with van der Waals surface area (Å²) in [5.41, 5.74) is 1.15. The lowest BCUT2D eigenvalue weighted by Crippen LogP contribution is -2.75. The number of rotatable bonds is 4. The highest BCUT2D eigenvalue weighted by Gasteiger charge is 2.64. The van der Waals surface area contributed by atoms with Gasteiger partial charge >= 0.3 is 0 Å². The number of allylic oxidation sites excluding steroid dienone is 1. The lowest BCUT2D eigenvalue weighted by Gasteiger charge is -2.49. The maximum absolute atomic E-state index is 12.1. The van der Waals surface area contributed by atoms with Gasteiger partial charge in [-0.05, 0) is 36.7 Å². The van der Waals surface area contributed by atoms with E-state index in [-0.39, 0.29) is 17.9 Å². The van der Waals surface area contributed by atoms with E-state index in [9.17, 15) is 9.90 Å². The van der Waals surface area contributed by atoms with Crippen LogP contribution in [0.25, 0.3) is 0 Å². The summed E-state index contributed by atoms with van der Waals surface area (Å²) >= 11 is 7.27. The Morgan fingerprint density at radius 2 is 2.47 bits per heavy atom. The third kappa shape index (κ3) is 1.96. The van der Waals surface area contributed by atoms with Gasteiger partial charge < -0.3 is 10.4 Å². The summed E-state index contributed by atoms with van der Waals surface area (Å²) in [7, 11) is 0. The molecule has 3 rings (SSSR count). The van der Waals surface area contributed by atoms with Crippen molar-refractivity contribution in [3.63, 3.8) is 0 Å². The molecule has 0 aromatic carbocycles. The van der Waals surface area contributed by atoms with Crippen molar-refractivity contribution in [1.29, 1.82) is 0 Å². The number of nitrogens with one attached hydrogen (secondary N) is 1. The van der Waals surface area contributed by atoms with Gasteiger partial charge in [-0.2, -0.15) is 0 Å². The second kappa shape index (κ2) is 5.15. The fourth-order valence-corrected chi connectivity index (χ4v) is 4.89. The van der Waals surface area contributed by atoms with Crippen molar-refractivity contribution in [2.24, 2.45) is 5.92 Å². The number of amides is 1. The summed E-state index contributed by atoms with van der Waals surface area (Å²) in [5.74, 6) is 0.613. The van der Waals surface area contributed by atoms with Crippen LogP contribution in [0.15, 0.2) is 23.1 Å². The standard InChI is InChI=1S/C14H18ClNO2S/c15-7-6-10-8-19-14(11(10)16-13(14)18)12(17)9-4-2-1-3-5-9/h2,4,8-9,11-12,17H,1,3,5-7H2,(H,16,18)/t9-,11+,12+,14+/m1/s1. The van der Waals surface area contributed by atoms with Crippen molar-refractivity contribution in [2.75, 3.05) is 5.88 Å². The zero-order chi connectivity index (χ0) is 13.5. The van der Waals surface area contributed by atoms with Gasteiger partial charge in [0.25, 0.3) is 0 Å². The molecule has 0 spiro atoms. The Morgan fingerprint density at radius 1 is 1.63 bits per heavy atom. The van der Waals surface area contributed by atoms with Gasteiger partial charge in [0.15, 0.2) is 0 Å². The molecule has 3 nitrogen and oxygen atoms in total. The van der Waals surface area contributed by atoms with E-state index in [1.54, 1.807) is 0 Å². The van der Waals surface area contributed by atoms with E-state index in [1.807, 2.05) is 5.41 Å². The summed E-state index contributed by atoms with van der Waals surface area (Å²) < 4.78 is -0.701. The molecule has 0 saturated carbocycles. The Kier molecular flexibility index (Phi) is 3.67. The monoisotopic (exact) mass is 299 g/mol. The molecule has 0 unspecified atom stereocenters. The first-order chi connectivity index (χ1) is 9.20. The molecule has 2 heterocycles. The van der Waals surface area contributed by atoms with Crippen molar-refractivity contribution in [2.45, 2.75) is 42.6 Å². The molecule has 3 aliphatic rings. The molecule has 104 valence electrons. The average molecular weight is 300 g/mol. The fraction of sp³-hybridized carbons (Fsp3) is 0.643. The Morgan fingerprint density at radius 3 is 3.11 bits per heavy atom. The highest BCUT2D eigenvalue weighted by Crippen LogP contribution is 2.52. The Labute approximate surface area is 122 Å². The predicted octanol–water partition coefficient (Wildman–Crippen LogP) is 2.20. The van der Waals surface area contributed by atoms with E-state index in [2.05, 4.69) is 17.5 Å². The van der Waals surface area contributed by atoms with Crippen LogP contribution in [0.2, 0.25) is 0 Å². The molecule has 1 amide bonds. The van der Waals surface area contributed by atoms with Crippen LogP contribution in [0.5, 0.6) is 0 Å². The molecule has 0 aromatic heterocycles. The van der Waals surface area contributed by atoms with Gasteiger partial charge in [0.05, 0.1) is 12.1 Å². The SMILES string of the molecule is O=C1N[C@H]2C(CCCl)=CS[C@@]12[C@@H](O)[C@@H]1C=CCCC1. The lowest BCUT2D eigenvalue weighted by molar-refractivity contribution is -0.137. The first kappa shape index (κ1) is 13.5. The van der Waals surface area contributed by atoms with Crippen LogP contribution in [-0.2, 0) is 4.79 Å². The van der Waals surface area contributed by atoms with Crippen LogP contribution in [0.3, 0.4) is 0 Å². The van der Waals surface area contributed by atoms with Gasteiger partial charge in [-0.25, -0.2) is 0 Å². The number of aliphatic hydroxyl groups is 1. The molecule has 5 heteroatoms. The minimum atomic E-state index is -0.701. The van der Waals surface area contributed by atoms with E-state index < -0.39 is 10.9 Å². The second-order valence-electron chi connectivity index (χ2n) is 5.42. The highest BCUT2D eigenvalue weighted by atomic mass is 35.5. The van der Waals surface area contributed by atoms with Crippen molar-refractivity contribution in [3.8, 4) is 0 Å². The van der Waals surface area contributed by atoms with Gasteiger partial charge in [-0.3, -0.25) is 4.79 Å². The number of carbonyl (C=O) groups excluding carboxylic acids is 1. The number of carbonyl (C=O) groups is 1. The molecular weight excluding hydrogens is 282 g/mol. The third-order valence-corrected chi connectivity index (χ3v) is 6.02. The summed E-state index contributed by atoms with van der Waals surface area (Å²) in [5, 5.41) is 15.7. The molecule has 0 bridgehead atoms. The van der Waals surface area contributed by atoms with Crippen LogP contribution in [0.1, 0.15) is 25.7 Å². The van der Waals surface area contributed by atoms with Crippen LogP contribution in [-0.4, -0.2) is 33.8 Å². The summed E-state index contributed by atoms with van der Waals surface area (Å²) in [6.07, 6.45) is 7.48. The largest absolute Gasteiger partial charge is 0.390 e. The first-order valence-corrected chi connectivity index (χ1v) is 8.20. The zero-order valence-corrected chi connectivity index (χ0v) is 12.2. The highest BCUT2D eigenvalue weighted by molar-refractivity contribution is 8.04. The minimum absolute atomic E-state index is 0.0326. The molecule has 1 saturated heterocycles. The Hall–Kier alpha value is -0.450. The number of alkyl halides is 1. The maximum atomic E-state index is 12.1. The van der Waals surface area contributed by atoms with E-state index >= 15 is 0 Å². The number of hydrogen-bond acceptors (Lipinski definition) is 3. The molecular formula is C14H18ClNO2S. The van der Waals surface area contributed by atoms with Gasteiger partial charge in [-0.1, -0.05) is 12.2 Å². The van der Waals surface area contributed by atoms with Gasteiger partial charge in [0.1, 0.15) is 4.75 Å². The quantitative estimate of drug-likeness (QED) is 0.475. The van der Waals surface area contributed by atoms with E-state index in [4.69, 9.17) is 11.6 Å². The van der Waals surface area contributed by atoms with E-state index in [0.29, 0.717) is 5.88 Å². The third-order valence-electron chi connectivity index (χ3n) is 4.35. The van der Waals surface area contributed by atoms with Crippen LogP contribution in [0.4, 0.5) is 0 Å². The lowest BCUT2D eigenvalue weighted by atomic mass is 9.73. The average Bonchev–Trinajstić information content (AvgIpc) is 2.73. The topological polar surface area (TPSA) is 49.3 Å². The number of β-lactam (4-membered cyclic amide) rings is 1. The molecule has 0 aromatic rings. The van der Waals surface area contributed by atoms with Crippen molar-refractivity contribution in [1.82, 2.24) is 5.32 Å². The molecule has 1 fully saturated rings. The van der Waals surface area contributed by atoms with Crippen LogP contribution in [0, 0.1) is 5.92 Å². The van der Waals surface area contributed by atoms with Crippen LogP contribution >= 0.6 is 23.4 Å². The van der Waals surface area contributed by atoms with Crippen molar-refractivity contribution < 1.29 is 9.90 Å². The molecule has 19 heavy (non-hydrogen) atoms. The minimum Gasteiger partial charge on any atom is -0.390 e. The summed E-state index contributed by atoms with van der Waals surface area (Å²) in [6, 6.07) is -0.0333. The molecule has 0 radical (unpaired) electrons. The number of halogens is 1. The maximum Gasteiger partial charge on any atom is 0.242 e. The normalized spacial score (nSPS) is 38.2. The number of hydrogen-bond donors (Lipinski definition) is 2. The molecule has 2 aliphatic heterocycles. The van der Waals surface area contributed by atoms with Crippen LogP contribution < -0.4 is 5.32 Å². The number of fused-ring (bicyclic) bond motifs is 1. The van der Waals surface area contributed by atoms with Gasteiger partial charge in [0.2, 0.25) is 5.91 Å². The number of aliphatic hydroxyl groups excluding tert-OH is 1. The van der Waals surface area contributed by atoms with Gasteiger partial charge in [-0.15, -0.1) is 23.4 Å². The molecule has 1 aliphatic carbocycles. The Balaban J connectivity index is 1.80. The Bertz CT molecular complexity index is 451. The molecule has 4 atom stereocenters. The van der Waals surface area contributed by atoms with Crippen molar-refractivity contribution in [3.05, 3.63) is 23.1 Å². The predicted molar refractivity (Wildman–Crippen MR) is 78.2 cm³/mol. The second-order valence-corrected chi connectivity index (χ2v) is 6.94. The number of thioether (sulfide) groups is 1. The zero-order valence-electron chi connectivity index (χ0n) is 10.6. The van der Waals surface area contributed by atoms with Gasteiger partial charge in [0, 0.05) is 11.8 Å². The van der Waals surface area contributed by atoms with E-state index in [1.165, 1.54) is 11.8 Å². The molecule has 2 N–H and O–H groups in total. The smallest absolute Gasteiger partial charge is 0.242 e. The first-order valence-electron chi connectivity index (χ1n) is 6.78.